The molecule has 29 heteroatoms. The Morgan fingerprint density at radius 2 is 1.20 bits per heavy atom. The molecule has 1 saturated heterocycles. The van der Waals surface area contributed by atoms with Crippen LogP contribution in [0.4, 0.5) is 0 Å². The first-order valence-electron chi connectivity index (χ1n) is 25.4. The Morgan fingerprint density at radius 1 is 0.646 bits per heavy atom. The molecule has 1 aromatic heterocycles. The number of nitrogens with two attached hydrogens (primary N) is 6. The number of guanidine groups is 2. The number of rotatable bonds is 20. The van der Waals surface area contributed by atoms with E-state index in [9.17, 15) is 47.9 Å². The SMILES string of the molecule is CC(=O)N[C@@H](CCCN=C(N)N)C(=O)N[C@H]1CSSC[C@@H](C(N)=O)NC(=O)[C@H](Cc2c[nH]c3ccccc23)NC(=O)[C@H](CCCN=C(N)N)NC(=O)[C@@H](Cc2ccccc2)NC(=O)[C@H](CCC(N)=O)NC(=O)[C@@H](C(C)C)NC1=O. The van der Waals surface area contributed by atoms with Gasteiger partial charge in [-0.3, -0.25) is 57.9 Å². The van der Waals surface area contributed by atoms with E-state index in [1.165, 1.54) is 6.92 Å². The minimum Gasteiger partial charge on any atom is -0.370 e. The van der Waals surface area contributed by atoms with E-state index in [0.717, 1.165) is 32.5 Å². The predicted molar refractivity (Wildman–Crippen MR) is 300 cm³/mol. The standard InChI is InChI=1S/C50H73N17O10S2/c1-26(2)40-48(77)62-34(17-18-39(51)69)44(73)63-35(21-28-11-5-4-6-12-28)45(74)61-33(16-10-20-58-50(55)56)43(72)64-36(22-29-23-59-31-14-8-7-13-30(29)31)46(75)65-37(41(52)70)24-78-79-25-38(47(76)67-40)66-42(71)32(60-27(3)68)15-9-19-57-49(53)54/h4-8,11-14,23,26,32-38,40,59H,9-10,15-22,24-25H2,1-3H3,(H2,51,69)(H2,52,70)(H,60,68)(H,61,74)(H,62,77)(H,63,73)(H,64,72)(H,65,75)(H,66,71)(H,67,76)(H4,53,54,57)(H4,55,56,58)/t32-,33-,34-,35+,36-,37-,38-,40+/m0/s1. The molecule has 79 heavy (non-hydrogen) atoms. The number of aromatic nitrogens is 1. The molecule has 0 saturated carbocycles. The van der Waals surface area contributed by atoms with Gasteiger partial charge < -0.3 is 81.9 Å². The van der Waals surface area contributed by atoms with Gasteiger partial charge in [-0.15, -0.1) is 0 Å². The first kappa shape index (κ1) is 63.5. The summed E-state index contributed by atoms with van der Waals surface area (Å²) in [5.74, 6) is -9.88. The Bertz CT molecular complexity index is 2680. The summed E-state index contributed by atoms with van der Waals surface area (Å²) in [5.41, 5.74) is 35.3. The molecule has 1 aliphatic rings. The van der Waals surface area contributed by atoms with Crippen molar-refractivity contribution in [2.45, 2.75) is 120 Å². The van der Waals surface area contributed by atoms with E-state index < -0.39 is 120 Å². The van der Waals surface area contributed by atoms with Crippen LogP contribution in [0, 0.1) is 5.92 Å². The molecule has 0 spiro atoms. The highest BCUT2D eigenvalue weighted by Crippen LogP contribution is 2.24. The van der Waals surface area contributed by atoms with E-state index in [1.807, 2.05) is 18.2 Å². The van der Waals surface area contributed by atoms with Gasteiger partial charge in [0.15, 0.2) is 11.9 Å². The number of fused-ring (bicyclic) bond motifs is 1. The number of benzene rings is 2. The number of carbonyl (C=O) groups excluding carboxylic acids is 10. The fraction of sp³-hybridized carbons (Fsp3) is 0.480. The zero-order chi connectivity index (χ0) is 58.2. The number of primary amides is 2. The molecule has 3 aromatic rings. The molecule has 430 valence electrons. The minimum absolute atomic E-state index is 0.0347. The summed E-state index contributed by atoms with van der Waals surface area (Å²) in [6, 6.07) is 4.58. The average molecular weight is 1140 g/mol. The second-order valence-corrected chi connectivity index (χ2v) is 21.5. The van der Waals surface area contributed by atoms with Crippen molar-refractivity contribution in [2.75, 3.05) is 24.6 Å². The Morgan fingerprint density at radius 3 is 1.82 bits per heavy atom. The van der Waals surface area contributed by atoms with Gasteiger partial charge in [-0.25, -0.2) is 0 Å². The topological polar surface area (TPSA) is 464 Å². The first-order chi connectivity index (χ1) is 37.5. The quantitative estimate of drug-likeness (QED) is 0.0229. The molecule has 1 fully saturated rings. The Balaban J connectivity index is 1.83. The molecular formula is C50H73N17O10S2. The van der Waals surface area contributed by atoms with Gasteiger partial charge in [0, 0.05) is 67.9 Å². The van der Waals surface area contributed by atoms with Crippen molar-refractivity contribution in [3.8, 4) is 0 Å². The van der Waals surface area contributed by atoms with Crippen LogP contribution in [0.25, 0.3) is 10.9 Å². The summed E-state index contributed by atoms with van der Waals surface area (Å²) in [6.07, 6.45) is 0.959. The number of amides is 10. The number of aliphatic imine (C=N–C) groups is 2. The number of aromatic amines is 1. The van der Waals surface area contributed by atoms with Gasteiger partial charge in [-0.05, 0) is 55.2 Å². The molecule has 0 bridgehead atoms. The van der Waals surface area contributed by atoms with E-state index in [4.69, 9.17) is 34.4 Å². The lowest BCUT2D eigenvalue weighted by Crippen LogP contribution is -2.61. The van der Waals surface area contributed by atoms with Crippen molar-refractivity contribution in [3.63, 3.8) is 0 Å². The minimum atomic E-state index is -1.54. The molecule has 10 amide bonds. The van der Waals surface area contributed by atoms with Crippen molar-refractivity contribution in [1.29, 1.82) is 0 Å². The van der Waals surface area contributed by atoms with Gasteiger partial charge in [0.1, 0.15) is 48.3 Å². The van der Waals surface area contributed by atoms with Crippen LogP contribution in [0.1, 0.15) is 70.4 Å². The molecule has 0 radical (unpaired) electrons. The zero-order valence-corrected chi connectivity index (χ0v) is 45.8. The molecule has 0 aliphatic carbocycles. The van der Waals surface area contributed by atoms with Crippen molar-refractivity contribution in [1.82, 2.24) is 47.5 Å². The van der Waals surface area contributed by atoms with Crippen LogP contribution in [0.15, 0.2) is 70.8 Å². The maximum Gasteiger partial charge on any atom is 0.244 e. The molecule has 2 aromatic carbocycles. The third-order valence-electron chi connectivity index (χ3n) is 12.3. The number of nitrogens with zero attached hydrogens (tertiary/aromatic N) is 2. The summed E-state index contributed by atoms with van der Waals surface area (Å²) in [4.78, 5) is 149. The number of para-hydroxylation sites is 1. The summed E-state index contributed by atoms with van der Waals surface area (Å²) >= 11 is 0. The molecule has 4 rings (SSSR count). The van der Waals surface area contributed by atoms with Gasteiger partial charge in [0.05, 0.1) is 0 Å². The van der Waals surface area contributed by atoms with Crippen LogP contribution in [0.5, 0.6) is 0 Å². The van der Waals surface area contributed by atoms with E-state index in [-0.39, 0.29) is 81.5 Å². The number of hydrogen-bond donors (Lipinski definition) is 15. The smallest absolute Gasteiger partial charge is 0.244 e. The van der Waals surface area contributed by atoms with E-state index in [1.54, 1.807) is 56.4 Å². The predicted octanol–water partition coefficient (Wildman–Crippen LogP) is -3.24. The lowest BCUT2D eigenvalue weighted by atomic mass is 10.0. The number of nitrogens with one attached hydrogen (secondary N) is 9. The van der Waals surface area contributed by atoms with E-state index >= 15 is 0 Å². The van der Waals surface area contributed by atoms with Crippen molar-refractivity contribution < 1.29 is 47.9 Å². The maximum absolute atomic E-state index is 14.6. The van der Waals surface area contributed by atoms with Gasteiger partial charge in [0.25, 0.3) is 0 Å². The summed E-state index contributed by atoms with van der Waals surface area (Å²) in [6.45, 7) is 4.55. The average Bonchev–Trinajstić information content (AvgIpc) is 3.82. The van der Waals surface area contributed by atoms with E-state index in [2.05, 4.69) is 57.5 Å². The lowest BCUT2D eigenvalue weighted by molar-refractivity contribution is -0.136. The Hall–Kier alpha value is -8.08. The number of hydrogen-bond acceptors (Lipinski definition) is 14. The van der Waals surface area contributed by atoms with Crippen LogP contribution in [0.2, 0.25) is 0 Å². The van der Waals surface area contributed by atoms with Gasteiger partial charge in [0.2, 0.25) is 59.1 Å². The monoisotopic (exact) mass is 1140 g/mol. The fourth-order valence-electron chi connectivity index (χ4n) is 8.16. The second kappa shape index (κ2) is 32.0. The molecule has 2 heterocycles. The highest BCUT2D eigenvalue weighted by molar-refractivity contribution is 8.76. The highest BCUT2D eigenvalue weighted by atomic mass is 33.1. The highest BCUT2D eigenvalue weighted by Gasteiger charge is 2.36. The van der Waals surface area contributed by atoms with E-state index in [0.29, 0.717) is 11.1 Å². The van der Waals surface area contributed by atoms with Crippen molar-refractivity contribution in [3.05, 3.63) is 71.9 Å². The Labute approximate surface area is 464 Å². The first-order valence-corrected chi connectivity index (χ1v) is 27.9. The van der Waals surface area contributed by atoms with Crippen LogP contribution in [-0.2, 0) is 60.8 Å². The number of carbonyl (C=O) groups is 10. The lowest BCUT2D eigenvalue weighted by Gasteiger charge is -2.29. The van der Waals surface area contributed by atoms with Crippen LogP contribution in [-0.4, -0.2) is 149 Å². The fourth-order valence-corrected chi connectivity index (χ4v) is 10.5. The summed E-state index contributed by atoms with van der Waals surface area (Å²) in [5, 5.41) is 22.0. The molecule has 1 aliphatic heterocycles. The summed E-state index contributed by atoms with van der Waals surface area (Å²) < 4.78 is 0. The molecule has 21 N–H and O–H groups in total. The van der Waals surface area contributed by atoms with Gasteiger partial charge in [-0.2, -0.15) is 0 Å². The largest absolute Gasteiger partial charge is 0.370 e. The molecule has 27 nitrogen and oxygen atoms in total. The second-order valence-electron chi connectivity index (χ2n) is 19.0. The zero-order valence-electron chi connectivity index (χ0n) is 44.2. The number of H-pyrrole nitrogens is 1. The third-order valence-corrected chi connectivity index (χ3v) is 14.7. The normalized spacial score (nSPS) is 21.6. The van der Waals surface area contributed by atoms with Crippen molar-refractivity contribution >= 4 is 103 Å². The summed E-state index contributed by atoms with van der Waals surface area (Å²) in [7, 11) is 1.98. The molecule has 8 atom stereocenters. The van der Waals surface area contributed by atoms with Gasteiger partial charge >= 0.3 is 0 Å². The van der Waals surface area contributed by atoms with Crippen LogP contribution < -0.4 is 76.9 Å². The van der Waals surface area contributed by atoms with Crippen molar-refractivity contribution in [2.24, 2.45) is 50.3 Å². The van der Waals surface area contributed by atoms with Crippen LogP contribution in [0.3, 0.4) is 0 Å². The third kappa shape index (κ3) is 21.7. The molecular weight excluding hydrogens is 1060 g/mol. The molecule has 0 unspecified atom stereocenters. The maximum atomic E-state index is 14.6. The Kier molecular flexibility index (Phi) is 25.7. The van der Waals surface area contributed by atoms with Crippen LogP contribution >= 0.6 is 21.6 Å². The van der Waals surface area contributed by atoms with Gasteiger partial charge in [-0.1, -0.05) is 84.0 Å².